The summed E-state index contributed by atoms with van der Waals surface area (Å²) in [4.78, 5) is 34.5. The fourth-order valence-corrected chi connectivity index (χ4v) is 5.84. The highest BCUT2D eigenvalue weighted by Crippen LogP contribution is 2.37. The van der Waals surface area contributed by atoms with Crippen LogP contribution in [0.1, 0.15) is 10.6 Å². The number of nitrogens with one attached hydrogen (secondary N) is 2. The van der Waals surface area contributed by atoms with Gasteiger partial charge in [-0.2, -0.15) is 0 Å². The molecule has 0 aliphatic carbocycles. The summed E-state index contributed by atoms with van der Waals surface area (Å²) in [7, 11) is 6.29. The Morgan fingerprint density at radius 1 is 0.630 bits per heavy atom. The van der Waals surface area contributed by atoms with Crippen molar-refractivity contribution in [3.05, 3.63) is 96.0 Å². The standard InChI is InChI=1S/C22H21N5O4S.C16H15N3O3/c1-12-13(2)32-22(25-12)27-21(28)26-14-5-7-15(8-6-14)31-20-16-9-18(29-3)19(30-4)10-17(16)23-11-24-20;1-20-14-7-12-13(8-15(14)21-2)18-9-19-16(12)22-11-5-3-10(17)4-6-11/h5-11H,1-4H3,(H2,25,26,27,28);3-9H,17H2,1-2H3. The van der Waals surface area contributed by atoms with Crippen molar-refractivity contribution in [2.24, 2.45) is 0 Å². The van der Waals surface area contributed by atoms with Gasteiger partial charge >= 0.3 is 6.03 Å². The lowest BCUT2D eigenvalue weighted by atomic mass is 10.2. The summed E-state index contributed by atoms with van der Waals surface area (Å²) in [6.45, 7) is 3.86. The number of nitrogens with zero attached hydrogens (tertiary/aromatic N) is 5. The van der Waals surface area contributed by atoms with Crippen molar-refractivity contribution in [1.82, 2.24) is 24.9 Å². The van der Waals surface area contributed by atoms with Gasteiger partial charge in [0.2, 0.25) is 11.8 Å². The maximum Gasteiger partial charge on any atom is 0.325 e. The third-order valence-electron chi connectivity index (χ3n) is 7.88. The van der Waals surface area contributed by atoms with Crippen molar-refractivity contribution >= 4 is 55.7 Å². The summed E-state index contributed by atoms with van der Waals surface area (Å²) in [5.41, 5.74) is 9.22. The number of aryl methyl sites for hydroxylation is 2. The molecule has 0 unspecified atom stereocenters. The van der Waals surface area contributed by atoms with Crippen molar-refractivity contribution in [3.63, 3.8) is 0 Å². The Balaban J connectivity index is 0.000000197. The van der Waals surface area contributed by atoms with Gasteiger partial charge in [-0.15, -0.1) is 11.3 Å². The molecule has 0 saturated carbocycles. The summed E-state index contributed by atoms with van der Waals surface area (Å²) >= 11 is 1.43. The molecule has 7 aromatic rings. The van der Waals surface area contributed by atoms with Crippen molar-refractivity contribution in [2.45, 2.75) is 13.8 Å². The number of benzene rings is 4. The van der Waals surface area contributed by atoms with E-state index in [-0.39, 0.29) is 6.03 Å². The number of nitrogen functional groups attached to an aromatic ring is 1. The third-order valence-corrected chi connectivity index (χ3v) is 8.87. The second kappa shape index (κ2) is 16.6. The van der Waals surface area contributed by atoms with Gasteiger partial charge in [-0.3, -0.25) is 5.32 Å². The number of thiazole rings is 1. The van der Waals surface area contributed by atoms with Crippen molar-refractivity contribution in [3.8, 4) is 46.3 Å². The van der Waals surface area contributed by atoms with Gasteiger partial charge in [0.25, 0.3) is 0 Å². The number of ether oxygens (including phenoxy) is 6. The minimum absolute atomic E-state index is 0.366. The summed E-state index contributed by atoms with van der Waals surface area (Å²) in [6, 6.07) is 20.8. The molecule has 0 fully saturated rings. The average molecular weight is 749 g/mol. The fourth-order valence-electron chi connectivity index (χ4n) is 5.03. The molecule has 7 rings (SSSR count). The van der Waals surface area contributed by atoms with Crippen LogP contribution in [0.15, 0.2) is 85.5 Å². The molecule has 16 heteroatoms. The van der Waals surface area contributed by atoms with Gasteiger partial charge in [0.15, 0.2) is 28.1 Å². The molecule has 15 nitrogen and oxygen atoms in total. The lowest BCUT2D eigenvalue weighted by Crippen LogP contribution is -2.19. The molecular formula is C38H36N8O7S. The molecule has 54 heavy (non-hydrogen) atoms. The number of urea groups is 1. The van der Waals surface area contributed by atoms with Gasteiger partial charge in [-0.25, -0.2) is 29.7 Å². The first kappa shape index (κ1) is 36.8. The molecule has 0 aliphatic rings. The van der Waals surface area contributed by atoms with E-state index in [1.165, 1.54) is 24.0 Å². The maximum atomic E-state index is 12.2. The molecule has 276 valence electrons. The van der Waals surface area contributed by atoms with Crippen molar-refractivity contribution < 1.29 is 33.2 Å². The summed E-state index contributed by atoms with van der Waals surface area (Å²) in [6.07, 6.45) is 2.87. The van der Waals surface area contributed by atoms with Gasteiger partial charge in [-0.1, -0.05) is 0 Å². The van der Waals surface area contributed by atoms with Gasteiger partial charge in [0.1, 0.15) is 24.2 Å². The minimum Gasteiger partial charge on any atom is -0.493 e. The Morgan fingerprint density at radius 2 is 1.09 bits per heavy atom. The SMILES string of the molecule is COc1cc2ncnc(Oc3ccc(N)cc3)c2cc1OC.COc1cc2ncnc(Oc3ccc(NC(=O)Nc4nc(C)c(C)s4)cc3)c2cc1OC. The Kier molecular flexibility index (Phi) is 11.3. The smallest absolute Gasteiger partial charge is 0.325 e. The highest BCUT2D eigenvalue weighted by molar-refractivity contribution is 7.15. The van der Waals surface area contributed by atoms with Crippen LogP contribution >= 0.6 is 11.3 Å². The normalized spacial score (nSPS) is 10.6. The van der Waals surface area contributed by atoms with E-state index in [4.69, 9.17) is 34.2 Å². The minimum atomic E-state index is -0.366. The zero-order valence-corrected chi connectivity index (χ0v) is 31.0. The van der Waals surface area contributed by atoms with Crippen LogP contribution in [-0.2, 0) is 0 Å². The van der Waals surface area contributed by atoms with Crippen molar-refractivity contribution in [1.29, 1.82) is 0 Å². The Labute approximate surface area is 314 Å². The van der Waals surface area contributed by atoms with Crippen LogP contribution in [0.2, 0.25) is 0 Å². The first-order valence-electron chi connectivity index (χ1n) is 16.2. The first-order valence-corrected chi connectivity index (χ1v) is 17.1. The van der Waals surface area contributed by atoms with E-state index in [2.05, 4.69) is 35.6 Å². The number of rotatable bonds is 10. The predicted molar refractivity (Wildman–Crippen MR) is 207 cm³/mol. The Hall–Kier alpha value is -6.94. The second-order valence-electron chi connectivity index (χ2n) is 11.3. The number of carbonyl (C=O) groups excluding carboxylic acids is 1. The number of methoxy groups -OCH3 is 4. The second-order valence-corrected chi connectivity index (χ2v) is 12.5. The highest BCUT2D eigenvalue weighted by Gasteiger charge is 2.14. The molecule has 0 atom stereocenters. The molecule has 4 N–H and O–H groups in total. The summed E-state index contributed by atoms with van der Waals surface area (Å²) in [5.74, 6) is 4.33. The van der Waals surface area contributed by atoms with E-state index in [0.29, 0.717) is 79.2 Å². The van der Waals surface area contributed by atoms with Crippen LogP contribution in [0.5, 0.6) is 46.3 Å². The van der Waals surface area contributed by atoms with Gasteiger partial charge in [0, 0.05) is 28.4 Å². The third kappa shape index (κ3) is 8.56. The molecule has 0 saturated heterocycles. The highest BCUT2D eigenvalue weighted by atomic mass is 32.1. The summed E-state index contributed by atoms with van der Waals surface area (Å²) < 4.78 is 33.0. The van der Waals surface area contributed by atoms with Crippen LogP contribution in [0, 0.1) is 13.8 Å². The van der Waals surface area contributed by atoms with E-state index in [9.17, 15) is 4.79 Å². The largest absolute Gasteiger partial charge is 0.493 e. The van der Waals surface area contributed by atoms with E-state index >= 15 is 0 Å². The molecular weight excluding hydrogens is 713 g/mol. The Morgan fingerprint density at radius 3 is 1.54 bits per heavy atom. The lowest BCUT2D eigenvalue weighted by Gasteiger charge is -2.12. The molecule has 4 aromatic carbocycles. The van der Waals surface area contributed by atoms with Crippen LogP contribution < -0.4 is 44.8 Å². The molecule has 2 amide bonds. The molecule has 0 spiro atoms. The number of nitrogens with two attached hydrogens (primary N) is 1. The maximum absolute atomic E-state index is 12.2. The number of fused-ring (bicyclic) bond motifs is 2. The number of hydrogen-bond donors (Lipinski definition) is 3. The Bertz CT molecular complexity index is 2390. The van der Waals surface area contributed by atoms with Gasteiger partial charge in [0.05, 0.1) is 55.9 Å². The molecule has 0 aliphatic heterocycles. The van der Waals surface area contributed by atoms with Crippen LogP contribution in [0.25, 0.3) is 21.8 Å². The van der Waals surface area contributed by atoms with E-state index in [1.807, 2.05) is 13.8 Å². The fraction of sp³-hybridized carbons (Fsp3) is 0.158. The van der Waals surface area contributed by atoms with Crippen LogP contribution in [0.4, 0.5) is 21.3 Å². The molecule has 3 aromatic heterocycles. The van der Waals surface area contributed by atoms with Crippen LogP contribution in [0.3, 0.4) is 0 Å². The first-order chi connectivity index (χ1) is 26.2. The van der Waals surface area contributed by atoms with E-state index in [1.54, 1.807) is 101 Å². The molecule has 3 heterocycles. The van der Waals surface area contributed by atoms with E-state index in [0.717, 1.165) is 16.0 Å². The molecule has 0 bridgehead atoms. The zero-order valence-electron chi connectivity index (χ0n) is 30.2. The number of aromatic nitrogens is 5. The number of hydrogen-bond acceptors (Lipinski definition) is 14. The molecule has 0 radical (unpaired) electrons. The predicted octanol–water partition coefficient (Wildman–Crippen LogP) is 8.18. The van der Waals surface area contributed by atoms with Crippen LogP contribution in [-0.4, -0.2) is 59.4 Å². The lowest BCUT2D eigenvalue weighted by molar-refractivity contribution is 0.262. The quantitative estimate of drug-likeness (QED) is 0.114. The van der Waals surface area contributed by atoms with Gasteiger partial charge in [-0.05, 0) is 74.5 Å². The number of carbonyl (C=O) groups is 1. The average Bonchev–Trinajstić information content (AvgIpc) is 3.50. The van der Waals surface area contributed by atoms with E-state index < -0.39 is 0 Å². The zero-order chi connectivity index (χ0) is 38.2. The number of amides is 2. The topological polar surface area (TPSA) is 187 Å². The van der Waals surface area contributed by atoms with Crippen molar-refractivity contribution in [2.75, 3.05) is 44.8 Å². The summed E-state index contributed by atoms with van der Waals surface area (Å²) in [5, 5.41) is 7.48. The monoisotopic (exact) mass is 748 g/mol. The number of anilines is 3. The van der Waals surface area contributed by atoms with Gasteiger partial charge < -0.3 is 39.5 Å².